The number of carbonyl (C=O) groups is 2. The summed E-state index contributed by atoms with van der Waals surface area (Å²) >= 11 is 0. The maximum absolute atomic E-state index is 11.5. The van der Waals surface area contributed by atoms with Crippen molar-refractivity contribution >= 4 is 22.3 Å². The Kier molecular flexibility index (Phi) is 9.28. The lowest BCUT2D eigenvalue weighted by Gasteiger charge is -2.56. The molecular weight excluding hydrogens is 570 g/mol. The predicted octanol–water partition coefficient (Wildman–Crippen LogP) is 2.59. The van der Waals surface area contributed by atoms with Crippen LogP contribution in [0.15, 0.2) is 48.6 Å². The predicted molar refractivity (Wildman–Crippen MR) is 150 cm³/mol. The smallest absolute Gasteiger partial charge is 0.394 e. The highest BCUT2D eigenvalue weighted by atomic mass is 32.3. The number of ether oxygens (including phenoxy) is 3. The number of hydrogen-bond acceptors (Lipinski definition) is 10. The van der Waals surface area contributed by atoms with Gasteiger partial charge in [-0.2, -0.15) is 8.42 Å². The minimum atomic E-state index is -4.67. The molecule has 2 aliphatic carbocycles. The fraction of sp³-hybridized carbons (Fsp3) is 0.448. The van der Waals surface area contributed by atoms with Gasteiger partial charge in [0.05, 0.1) is 24.3 Å². The zero-order valence-electron chi connectivity index (χ0n) is 23.5. The number of likely N-dealkylation sites (N-methyl/N-ethyl adjacent to an activating group) is 1. The highest BCUT2D eigenvalue weighted by Crippen LogP contribution is 2.62. The number of esters is 2. The van der Waals surface area contributed by atoms with Crippen LogP contribution in [0.2, 0.25) is 0 Å². The second-order valence-corrected chi connectivity index (χ2v) is 11.3. The molecule has 42 heavy (non-hydrogen) atoms. The van der Waals surface area contributed by atoms with Gasteiger partial charge in [-0.1, -0.05) is 30.4 Å². The van der Waals surface area contributed by atoms with Crippen molar-refractivity contribution in [3.05, 3.63) is 70.8 Å². The first-order chi connectivity index (χ1) is 19.8. The zero-order chi connectivity index (χ0) is 30.8. The maximum Gasteiger partial charge on any atom is 0.394 e. The van der Waals surface area contributed by atoms with Crippen LogP contribution < -0.4 is 4.74 Å². The number of phenols is 1. The summed E-state index contributed by atoms with van der Waals surface area (Å²) in [5.74, 6) is 0.173. The summed E-state index contributed by atoms with van der Waals surface area (Å²) in [4.78, 5) is 25.5. The van der Waals surface area contributed by atoms with Crippen LogP contribution in [-0.2, 0) is 31.7 Å². The summed E-state index contributed by atoms with van der Waals surface area (Å²) in [6, 6.07) is 10.7. The fourth-order valence-corrected chi connectivity index (χ4v) is 6.50. The molecular formula is C29H35NO11S. The number of aliphatic hydroxyl groups is 1. The molecule has 4 aliphatic rings. The van der Waals surface area contributed by atoms with Crippen LogP contribution in [0.1, 0.15) is 52.1 Å². The zero-order valence-corrected chi connectivity index (χ0v) is 24.3. The molecule has 0 unspecified atom stereocenters. The van der Waals surface area contributed by atoms with Crippen LogP contribution in [-0.4, -0.2) is 89.6 Å². The van der Waals surface area contributed by atoms with Crippen molar-refractivity contribution in [2.24, 2.45) is 5.92 Å². The fourth-order valence-electron chi connectivity index (χ4n) is 6.50. The van der Waals surface area contributed by atoms with E-state index in [9.17, 15) is 19.8 Å². The Morgan fingerprint density at radius 3 is 2.14 bits per heavy atom. The van der Waals surface area contributed by atoms with Crippen molar-refractivity contribution in [2.45, 2.75) is 50.4 Å². The summed E-state index contributed by atoms with van der Waals surface area (Å²) in [5, 5.41) is 20.6. The monoisotopic (exact) mass is 605 g/mol. The molecule has 0 radical (unpaired) electrons. The van der Waals surface area contributed by atoms with E-state index < -0.39 is 28.4 Å². The minimum absolute atomic E-state index is 0.160. The van der Waals surface area contributed by atoms with E-state index in [-0.39, 0.29) is 41.6 Å². The molecule has 1 fully saturated rings. The van der Waals surface area contributed by atoms with Crippen molar-refractivity contribution in [1.82, 2.24) is 4.90 Å². The van der Waals surface area contributed by atoms with Gasteiger partial charge >= 0.3 is 22.3 Å². The van der Waals surface area contributed by atoms with Crippen LogP contribution in [0, 0.1) is 5.92 Å². The first-order valence-corrected chi connectivity index (χ1v) is 14.9. The minimum Gasteiger partial charge on any atom is -0.504 e. The molecule has 4 N–H and O–H groups in total. The Morgan fingerprint density at radius 2 is 1.60 bits per heavy atom. The number of carbonyl (C=O) groups excluding carboxylic acids is 2. The molecule has 5 atom stereocenters. The van der Waals surface area contributed by atoms with Crippen LogP contribution in [0.5, 0.6) is 11.5 Å². The van der Waals surface area contributed by atoms with Crippen LogP contribution in [0.4, 0.5) is 0 Å². The molecule has 228 valence electrons. The molecule has 2 bridgehead atoms. The Hall–Kier alpha value is -3.49. The van der Waals surface area contributed by atoms with Crippen molar-refractivity contribution < 1.29 is 51.5 Å². The first kappa shape index (κ1) is 31.4. The third-order valence-electron chi connectivity index (χ3n) is 8.07. The van der Waals surface area contributed by atoms with E-state index in [1.807, 2.05) is 12.1 Å². The largest absolute Gasteiger partial charge is 0.504 e. The molecule has 2 aromatic carbocycles. The molecule has 2 aromatic rings. The molecule has 0 aromatic heterocycles. The van der Waals surface area contributed by atoms with Gasteiger partial charge in [-0.3, -0.25) is 9.11 Å². The van der Waals surface area contributed by atoms with E-state index in [1.54, 1.807) is 44.2 Å². The normalized spacial score (nSPS) is 26.3. The number of aromatic hydroxyl groups is 1. The average molecular weight is 606 g/mol. The Bertz CT molecular complexity index is 1430. The van der Waals surface area contributed by atoms with Crippen LogP contribution in [0.25, 0.3) is 0 Å². The van der Waals surface area contributed by atoms with E-state index in [0.29, 0.717) is 17.7 Å². The molecule has 1 saturated heterocycles. The van der Waals surface area contributed by atoms with Crippen LogP contribution in [0.3, 0.4) is 0 Å². The highest BCUT2D eigenvalue weighted by Gasteiger charge is 2.64. The van der Waals surface area contributed by atoms with Gasteiger partial charge < -0.3 is 29.3 Å². The van der Waals surface area contributed by atoms with Crippen molar-refractivity contribution in [1.29, 1.82) is 0 Å². The highest BCUT2D eigenvalue weighted by molar-refractivity contribution is 7.79. The lowest BCUT2D eigenvalue weighted by Crippen LogP contribution is -2.64. The SMILES string of the molecule is CCOC(=O)c1ccccc1C(=O)OCC.CN1CC[C@]23c4c5ccc(O)c4O[C@H]2[C@@H](O)C=C[C@H]3[C@H]1C5.O=S(=O)(O)O. The third-order valence-corrected chi connectivity index (χ3v) is 8.07. The van der Waals surface area contributed by atoms with E-state index >= 15 is 0 Å². The standard InChI is InChI=1S/C17H19NO3.C12H14O4.H2O4S/c1-18-7-6-17-10-3-5-13(20)16(17)21-15-12(19)4-2-9(14(15)17)8-11(10)18;1-3-15-11(13)9-7-5-6-8-10(9)12(14)16-4-2;1-5(2,3)4/h2-5,10-11,13,16,19-20H,6-8H2,1H3;5-8H,3-4H2,1-2H3;(H2,1,2,3,4)/t10-,11+,13-,16-,17-;;/m0../s1. The lowest BCUT2D eigenvalue weighted by molar-refractivity contribution is -0.0453. The molecule has 0 amide bonds. The summed E-state index contributed by atoms with van der Waals surface area (Å²) in [7, 11) is -2.48. The number of likely N-dealkylation sites (tertiary alicyclic amines) is 1. The van der Waals surface area contributed by atoms with E-state index in [0.717, 1.165) is 19.4 Å². The molecule has 2 heterocycles. The van der Waals surface area contributed by atoms with Crippen molar-refractivity contribution in [3.8, 4) is 11.5 Å². The van der Waals surface area contributed by atoms with Gasteiger partial charge in [0.2, 0.25) is 0 Å². The summed E-state index contributed by atoms with van der Waals surface area (Å²) in [6.07, 6.45) is 5.18. The molecule has 0 saturated carbocycles. The van der Waals surface area contributed by atoms with Gasteiger partial charge in [0.25, 0.3) is 0 Å². The van der Waals surface area contributed by atoms with Crippen molar-refractivity contribution in [2.75, 3.05) is 26.8 Å². The van der Waals surface area contributed by atoms with E-state index in [4.69, 9.17) is 31.7 Å². The number of piperidine rings is 1. The van der Waals surface area contributed by atoms with Gasteiger partial charge in [0.1, 0.15) is 12.2 Å². The Morgan fingerprint density at radius 1 is 1.02 bits per heavy atom. The second-order valence-electron chi connectivity index (χ2n) is 10.4. The summed E-state index contributed by atoms with van der Waals surface area (Å²) in [6.45, 7) is 4.98. The number of nitrogens with zero attached hydrogens (tertiary/aromatic N) is 1. The molecule has 12 nitrogen and oxygen atoms in total. The Balaban J connectivity index is 0.000000172. The van der Waals surface area contributed by atoms with E-state index in [2.05, 4.69) is 18.0 Å². The molecule has 6 rings (SSSR count). The van der Waals surface area contributed by atoms with Gasteiger partial charge in [0.15, 0.2) is 11.5 Å². The third kappa shape index (κ3) is 6.01. The summed E-state index contributed by atoms with van der Waals surface area (Å²) < 4.78 is 47.4. The number of benzene rings is 2. The molecule has 2 aliphatic heterocycles. The maximum atomic E-state index is 11.5. The second kappa shape index (κ2) is 12.4. The van der Waals surface area contributed by atoms with Gasteiger partial charge in [-0.25, -0.2) is 9.59 Å². The van der Waals surface area contributed by atoms with Crippen molar-refractivity contribution in [3.63, 3.8) is 0 Å². The molecule has 1 spiro atoms. The van der Waals surface area contributed by atoms with Crippen LogP contribution >= 0.6 is 0 Å². The first-order valence-electron chi connectivity index (χ1n) is 13.5. The van der Waals surface area contributed by atoms with Gasteiger partial charge in [-0.15, -0.1) is 0 Å². The summed E-state index contributed by atoms with van der Waals surface area (Å²) in [5.41, 5.74) is 2.77. The number of rotatable bonds is 4. The lowest BCUT2D eigenvalue weighted by atomic mass is 9.53. The van der Waals surface area contributed by atoms with E-state index in [1.165, 1.54) is 11.1 Å². The number of aliphatic hydroxyl groups excluding tert-OH is 1. The van der Waals surface area contributed by atoms with Gasteiger partial charge in [0, 0.05) is 22.9 Å². The Labute approximate surface area is 244 Å². The quantitative estimate of drug-likeness (QED) is 0.228. The number of phenolic OH excluding ortho intramolecular Hbond substituents is 1. The average Bonchev–Trinajstić information content (AvgIpc) is 3.29. The number of hydrogen-bond donors (Lipinski definition) is 4. The topological polar surface area (TPSA) is 180 Å². The molecule has 13 heteroatoms. The van der Waals surface area contributed by atoms with Gasteiger partial charge in [-0.05, 0) is 64.0 Å².